The molecule has 1 aromatic heterocycles. The van der Waals surface area contributed by atoms with Crippen molar-refractivity contribution in [3.63, 3.8) is 0 Å². The van der Waals surface area contributed by atoms with Gasteiger partial charge in [-0.15, -0.1) is 0 Å². The Bertz CT molecular complexity index is 527. The van der Waals surface area contributed by atoms with Crippen molar-refractivity contribution in [1.29, 1.82) is 0 Å². The number of hydrogen-bond acceptors (Lipinski definition) is 5. The number of aryl methyl sites for hydroxylation is 1. The van der Waals surface area contributed by atoms with E-state index in [0.29, 0.717) is 18.2 Å². The van der Waals surface area contributed by atoms with Gasteiger partial charge in [-0.05, 0) is 6.92 Å². The van der Waals surface area contributed by atoms with Crippen LogP contribution in [0.5, 0.6) is 6.01 Å². The SMILES string of the molecule is COC1C(C)[C@@H]2O[C@@H]1COc1nc(=O)c(C)cn12. The summed E-state index contributed by atoms with van der Waals surface area (Å²) >= 11 is 0. The van der Waals surface area contributed by atoms with Crippen LogP contribution in [0.15, 0.2) is 11.0 Å². The molecular weight excluding hydrogens is 236 g/mol. The normalized spacial score (nSPS) is 33.7. The predicted molar refractivity (Wildman–Crippen MR) is 62.6 cm³/mol. The Hall–Kier alpha value is -1.40. The third-order valence-electron chi connectivity index (χ3n) is 3.66. The maximum atomic E-state index is 11.5. The molecular formula is C12H16N2O4. The van der Waals surface area contributed by atoms with Crippen LogP contribution in [0.4, 0.5) is 0 Å². The van der Waals surface area contributed by atoms with E-state index in [0.717, 1.165) is 0 Å². The van der Waals surface area contributed by atoms with Gasteiger partial charge in [-0.3, -0.25) is 9.36 Å². The summed E-state index contributed by atoms with van der Waals surface area (Å²) in [6.07, 6.45) is 1.44. The second-order valence-electron chi connectivity index (χ2n) is 4.85. The first kappa shape index (κ1) is 11.7. The van der Waals surface area contributed by atoms with Crippen LogP contribution < -0.4 is 10.3 Å². The molecule has 6 nitrogen and oxygen atoms in total. The van der Waals surface area contributed by atoms with Crippen molar-refractivity contribution in [2.24, 2.45) is 5.92 Å². The lowest BCUT2D eigenvalue weighted by molar-refractivity contribution is -0.0308. The van der Waals surface area contributed by atoms with Crippen LogP contribution in [0.1, 0.15) is 18.7 Å². The van der Waals surface area contributed by atoms with E-state index in [1.165, 1.54) is 0 Å². The zero-order valence-electron chi connectivity index (χ0n) is 10.6. The lowest BCUT2D eigenvalue weighted by Crippen LogP contribution is -2.34. The molecule has 18 heavy (non-hydrogen) atoms. The van der Waals surface area contributed by atoms with Gasteiger partial charge in [0.25, 0.3) is 5.56 Å². The summed E-state index contributed by atoms with van der Waals surface area (Å²) in [7, 11) is 1.68. The Balaban J connectivity index is 2.08. The van der Waals surface area contributed by atoms with E-state index in [1.807, 2.05) is 0 Å². The average Bonchev–Trinajstić information content (AvgIpc) is 2.55. The molecule has 0 aromatic carbocycles. The highest BCUT2D eigenvalue weighted by Gasteiger charge is 2.46. The number of ether oxygens (including phenoxy) is 3. The van der Waals surface area contributed by atoms with Gasteiger partial charge in [0.15, 0.2) is 0 Å². The summed E-state index contributed by atoms with van der Waals surface area (Å²) in [5.74, 6) is 0.186. The zero-order chi connectivity index (χ0) is 12.9. The van der Waals surface area contributed by atoms with Gasteiger partial charge in [-0.2, -0.15) is 4.98 Å². The third-order valence-corrected chi connectivity index (χ3v) is 3.66. The Morgan fingerprint density at radius 2 is 2.33 bits per heavy atom. The van der Waals surface area contributed by atoms with Crippen LogP contribution in [0.2, 0.25) is 0 Å². The Kier molecular flexibility index (Phi) is 2.64. The molecule has 2 aliphatic rings. The first-order chi connectivity index (χ1) is 8.61. The predicted octanol–water partition coefficient (Wildman–Crippen LogP) is 0.493. The van der Waals surface area contributed by atoms with Crippen LogP contribution >= 0.6 is 0 Å². The summed E-state index contributed by atoms with van der Waals surface area (Å²) in [5, 5.41) is 0. The molecule has 0 saturated carbocycles. The van der Waals surface area contributed by atoms with E-state index < -0.39 is 0 Å². The lowest BCUT2D eigenvalue weighted by atomic mass is 10.0. The van der Waals surface area contributed by atoms with Gasteiger partial charge in [-0.1, -0.05) is 6.92 Å². The van der Waals surface area contributed by atoms with E-state index in [1.54, 1.807) is 24.8 Å². The molecule has 0 N–H and O–H groups in total. The molecule has 1 fully saturated rings. The summed E-state index contributed by atoms with van der Waals surface area (Å²) in [6, 6.07) is 0.333. The van der Waals surface area contributed by atoms with E-state index in [9.17, 15) is 4.79 Å². The Morgan fingerprint density at radius 3 is 3.06 bits per heavy atom. The van der Waals surface area contributed by atoms with Crippen LogP contribution in [0.25, 0.3) is 0 Å². The molecule has 2 aliphatic heterocycles. The lowest BCUT2D eigenvalue weighted by Gasteiger charge is -2.24. The van der Waals surface area contributed by atoms with E-state index in [-0.39, 0.29) is 29.9 Å². The first-order valence-corrected chi connectivity index (χ1v) is 6.02. The number of fused-ring (bicyclic) bond motifs is 4. The van der Waals surface area contributed by atoms with E-state index in [4.69, 9.17) is 14.2 Å². The fourth-order valence-electron chi connectivity index (χ4n) is 2.70. The molecule has 3 heterocycles. The standard InChI is InChI=1S/C12H16N2O4/c1-6-4-14-11-7(2)9(16-3)8(18-11)5-17-12(14)13-10(6)15/h4,7-9,11H,5H2,1-3H3/t7?,8-,9?,11+/m1/s1. The topological polar surface area (TPSA) is 62.6 Å². The molecule has 4 atom stereocenters. The van der Waals surface area contributed by atoms with Crippen molar-refractivity contribution in [2.45, 2.75) is 32.3 Å². The van der Waals surface area contributed by atoms with Crippen LogP contribution in [0, 0.1) is 12.8 Å². The maximum Gasteiger partial charge on any atom is 0.301 e. The van der Waals surface area contributed by atoms with Gasteiger partial charge >= 0.3 is 6.01 Å². The highest BCUT2D eigenvalue weighted by Crippen LogP contribution is 2.39. The van der Waals surface area contributed by atoms with Crippen molar-refractivity contribution < 1.29 is 14.2 Å². The van der Waals surface area contributed by atoms with Gasteiger partial charge in [0.05, 0.1) is 6.10 Å². The molecule has 1 aromatic rings. The molecule has 1 saturated heterocycles. The van der Waals surface area contributed by atoms with Crippen molar-refractivity contribution in [3.8, 4) is 6.01 Å². The van der Waals surface area contributed by atoms with Gasteiger partial charge < -0.3 is 14.2 Å². The van der Waals surface area contributed by atoms with Crippen LogP contribution in [0.3, 0.4) is 0 Å². The minimum atomic E-state index is -0.255. The molecule has 0 amide bonds. The number of hydrogen-bond donors (Lipinski definition) is 0. The molecule has 2 unspecified atom stereocenters. The van der Waals surface area contributed by atoms with Crippen molar-refractivity contribution in [2.75, 3.05) is 13.7 Å². The monoisotopic (exact) mass is 252 g/mol. The van der Waals surface area contributed by atoms with Crippen molar-refractivity contribution in [3.05, 3.63) is 22.1 Å². The Labute approximate surface area is 104 Å². The number of methoxy groups -OCH3 is 1. The van der Waals surface area contributed by atoms with Crippen molar-refractivity contribution >= 4 is 0 Å². The Morgan fingerprint density at radius 1 is 1.56 bits per heavy atom. The number of aromatic nitrogens is 2. The van der Waals surface area contributed by atoms with Gasteiger partial charge in [0, 0.05) is 24.8 Å². The molecule has 98 valence electrons. The molecule has 0 radical (unpaired) electrons. The second kappa shape index (κ2) is 4.07. The number of rotatable bonds is 1. The minimum absolute atomic E-state index is 0.00267. The molecule has 3 rings (SSSR count). The zero-order valence-corrected chi connectivity index (χ0v) is 10.6. The quantitative estimate of drug-likeness (QED) is 0.728. The molecule has 6 heteroatoms. The highest BCUT2D eigenvalue weighted by atomic mass is 16.6. The summed E-state index contributed by atoms with van der Waals surface area (Å²) < 4.78 is 18.7. The summed E-state index contributed by atoms with van der Waals surface area (Å²) in [5.41, 5.74) is 0.326. The molecule has 0 spiro atoms. The van der Waals surface area contributed by atoms with Crippen LogP contribution in [-0.4, -0.2) is 35.5 Å². The molecule has 0 aliphatic carbocycles. The smallest absolute Gasteiger partial charge is 0.301 e. The number of nitrogens with zero attached hydrogens (tertiary/aromatic N) is 2. The fourth-order valence-corrected chi connectivity index (χ4v) is 2.70. The minimum Gasteiger partial charge on any atom is -0.462 e. The van der Waals surface area contributed by atoms with Gasteiger partial charge in [0.2, 0.25) is 0 Å². The highest BCUT2D eigenvalue weighted by molar-refractivity contribution is 5.12. The van der Waals surface area contributed by atoms with E-state index >= 15 is 0 Å². The third kappa shape index (κ3) is 1.56. The van der Waals surface area contributed by atoms with Crippen molar-refractivity contribution in [1.82, 2.24) is 9.55 Å². The second-order valence-corrected chi connectivity index (χ2v) is 4.85. The van der Waals surface area contributed by atoms with Gasteiger partial charge in [-0.25, -0.2) is 0 Å². The first-order valence-electron chi connectivity index (χ1n) is 6.02. The largest absolute Gasteiger partial charge is 0.462 e. The van der Waals surface area contributed by atoms with E-state index in [2.05, 4.69) is 11.9 Å². The molecule has 2 bridgehead atoms. The summed E-state index contributed by atoms with van der Waals surface area (Å²) in [4.78, 5) is 15.5. The fraction of sp³-hybridized carbons (Fsp3) is 0.667. The summed E-state index contributed by atoms with van der Waals surface area (Å²) in [6.45, 7) is 4.16. The van der Waals surface area contributed by atoms with Gasteiger partial charge in [0.1, 0.15) is 18.9 Å². The van der Waals surface area contributed by atoms with Crippen LogP contribution in [-0.2, 0) is 9.47 Å². The average molecular weight is 252 g/mol. The maximum absolute atomic E-state index is 11.5.